The number of rotatable bonds is 6. The van der Waals surface area contributed by atoms with Crippen LogP contribution in [0.1, 0.15) is 39.6 Å². The third-order valence-electron chi connectivity index (χ3n) is 4.58. The Kier molecular flexibility index (Phi) is 7.29. The molecule has 0 bridgehead atoms. The molecule has 7 heteroatoms. The van der Waals surface area contributed by atoms with Gasteiger partial charge in [-0.25, -0.2) is 0 Å². The van der Waals surface area contributed by atoms with Gasteiger partial charge in [0.1, 0.15) is 17.5 Å². The number of para-hydroxylation sites is 1. The monoisotopic (exact) mass is 388 g/mol. The maximum atomic E-state index is 12.9. The first-order chi connectivity index (χ1) is 12.9. The van der Waals surface area contributed by atoms with E-state index >= 15 is 0 Å². The fourth-order valence-electron chi connectivity index (χ4n) is 3.42. The van der Waals surface area contributed by atoms with Crippen LogP contribution in [0, 0.1) is 11.8 Å². The molecule has 0 radical (unpaired) electrons. The molecular formula is C21H17NaO6. The second-order valence-corrected chi connectivity index (χ2v) is 6.62. The number of hydrogen-bond acceptors (Lipinski definition) is 6. The van der Waals surface area contributed by atoms with Crippen LogP contribution in [0.5, 0.6) is 5.75 Å². The predicted molar refractivity (Wildman–Crippen MR) is 93.2 cm³/mol. The molecule has 6 nitrogen and oxygen atoms in total. The Labute approximate surface area is 184 Å². The number of ketones is 2. The Morgan fingerprint density at radius 2 is 1.82 bits per heavy atom. The molecule has 0 spiro atoms. The normalized spacial score (nSPS) is 16.4. The molecule has 1 aliphatic rings. The van der Waals surface area contributed by atoms with Crippen LogP contribution in [0.25, 0.3) is 0 Å². The molecule has 138 valence electrons. The van der Waals surface area contributed by atoms with Gasteiger partial charge in [0.25, 0.3) is 0 Å². The van der Waals surface area contributed by atoms with Gasteiger partial charge in [-0.2, -0.15) is 0 Å². The first-order valence-corrected chi connectivity index (χ1v) is 8.51. The molecule has 0 N–H and O–H groups in total. The largest absolute Gasteiger partial charge is 1.00 e. The minimum atomic E-state index is -1.32. The number of hydrogen-bond donors (Lipinski definition) is 0. The number of carbonyl (C=O) groups is 4. The standard InChI is InChI=1S/C21H18O6.Na/c1-12(22)9-15(11-13-5-4-6-14(10-13)20(24)25)18-19(23)16-7-2-3-8-17(16)27-21(18)26;/h2-8,10,15,18H,9,11H2,1H3,(H,24,25);/q;+1/p-1. The molecule has 2 atom stereocenters. The van der Waals surface area contributed by atoms with Crippen molar-refractivity contribution in [1.29, 1.82) is 0 Å². The maximum Gasteiger partial charge on any atom is 1.00 e. The van der Waals surface area contributed by atoms with E-state index in [9.17, 15) is 24.3 Å². The zero-order valence-electron chi connectivity index (χ0n) is 15.6. The molecular weight excluding hydrogens is 371 g/mol. The maximum absolute atomic E-state index is 12.9. The molecule has 28 heavy (non-hydrogen) atoms. The fourth-order valence-corrected chi connectivity index (χ4v) is 3.42. The average molecular weight is 388 g/mol. The fraction of sp³-hybridized carbons (Fsp3) is 0.238. The summed E-state index contributed by atoms with van der Waals surface area (Å²) in [6.45, 7) is 1.39. The van der Waals surface area contributed by atoms with E-state index in [0.717, 1.165) is 0 Å². The van der Waals surface area contributed by atoms with Crippen LogP contribution >= 0.6 is 0 Å². The van der Waals surface area contributed by atoms with Crippen molar-refractivity contribution in [2.24, 2.45) is 11.8 Å². The first kappa shape index (κ1) is 22.0. The van der Waals surface area contributed by atoms with E-state index in [1.165, 1.54) is 19.1 Å². The van der Waals surface area contributed by atoms with E-state index in [-0.39, 0.29) is 65.3 Å². The number of benzene rings is 2. The number of Topliss-reactive ketones (excluding diaryl/α,β-unsaturated/α-hetero) is 2. The van der Waals surface area contributed by atoms with Crippen molar-refractivity contribution in [2.75, 3.05) is 0 Å². The van der Waals surface area contributed by atoms with E-state index in [2.05, 4.69) is 0 Å². The first-order valence-electron chi connectivity index (χ1n) is 8.51. The smallest absolute Gasteiger partial charge is 0.545 e. The van der Waals surface area contributed by atoms with E-state index in [4.69, 9.17) is 4.74 Å². The van der Waals surface area contributed by atoms with Crippen LogP contribution in [0.2, 0.25) is 0 Å². The Morgan fingerprint density at radius 1 is 1.11 bits per heavy atom. The van der Waals surface area contributed by atoms with Crippen LogP contribution < -0.4 is 39.4 Å². The number of aromatic carboxylic acids is 1. The number of ether oxygens (including phenoxy) is 1. The van der Waals surface area contributed by atoms with Crippen molar-refractivity contribution >= 4 is 23.5 Å². The molecule has 3 rings (SSSR count). The molecule has 0 aliphatic carbocycles. The molecule has 2 unspecified atom stereocenters. The van der Waals surface area contributed by atoms with Gasteiger partial charge >= 0.3 is 35.5 Å². The van der Waals surface area contributed by atoms with Gasteiger partial charge in [-0.3, -0.25) is 9.59 Å². The zero-order chi connectivity index (χ0) is 19.6. The van der Waals surface area contributed by atoms with Crippen molar-refractivity contribution in [3.8, 4) is 5.75 Å². The van der Waals surface area contributed by atoms with Crippen LogP contribution in [-0.4, -0.2) is 23.5 Å². The Morgan fingerprint density at radius 3 is 2.50 bits per heavy atom. The van der Waals surface area contributed by atoms with Crippen molar-refractivity contribution < 1.29 is 58.6 Å². The minimum Gasteiger partial charge on any atom is -0.545 e. The number of esters is 1. The van der Waals surface area contributed by atoms with Crippen LogP contribution in [-0.2, 0) is 16.0 Å². The second kappa shape index (κ2) is 9.28. The Bertz CT molecular complexity index is 936. The molecule has 0 aromatic heterocycles. The van der Waals surface area contributed by atoms with E-state index in [1.807, 2.05) is 0 Å². The summed E-state index contributed by atoms with van der Waals surface area (Å²) in [5.41, 5.74) is 0.901. The molecule has 0 saturated carbocycles. The molecule has 1 heterocycles. The third kappa shape index (κ3) is 4.76. The summed E-state index contributed by atoms with van der Waals surface area (Å²) in [5, 5.41) is 11.1. The summed E-state index contributed by atoms with van der Waals surface area (Å²) in [6.07, 6.45) is 0.192. The summed E-state index contributed by atoms with van der Waals surface area (Å²) in [6, 6.07) is 12.5. The van der Waals surface area contributed by atoms with Crippen LogP contribution in [0.15, 0.2) is 48.5 Å². The van der Waals surface area contributed by atoms with Crippen molar-refractivity contribution in [2.45, 2.75) is 19.8 Å². The van der Waals surface area contributed by atoms with Gasteiger partial charge in [-0.05, 0) is 48.6 Å². The number of carboxylic acid groups (broad SMARTS) is 1. The van der Waals surface area contributed by atoms with E-state index in [1.54, 1.807) is 36.4 Å². The van der Waals surface area contributed by atoms with Crippen LogP contribution in [0.4, 0.5) is 0 Å². The van der Waals surface area contributed by atoms with E-state index < -0.39 is 23.8 Å². The van der Waals surface area contributed by atoms with Crippen molar-refractivity contribution in [3.63, 3.8) is 0 Å². The van der Waals surface area contributed by atoms with Gasteiger partial charge in [0.15, 0.2) is 5.78 Å². The average Bonchev–Trinajstić information content (AvgIpc) is 2.61. The van der Waals surface area contributed by atoms with Gasteiger partial charge in [0, 0.05) is 6.42 Å². The topological polar surface area (TPSA) is 101 Å². The molecule has 0 amide bonds. The zero-order valence-corrected chi connectivity index (χ0v) is 17.6. The van der Waals surface area contributed by atoms with E-state index in [0.29, 0.717) is 11.1 Å². The Hall–Kier alpha value is -2.28. The van der Waals surface area contributed by atoms with Gasteiger partial charge < -0.3 is 19.4 Å². The SMILES string of the molecule is CC(=O)CC(Cc1cccc(C(=O)[O-])c1)C1C(=O)Oc2ccccc2C1=O.[Na+]. The summed E-state index contributed by atoms with van der Waals surface area (Å²) in [4.78, 5) is 48.2. The van der Waals surface area contributed by atoms with Crippen LogP contribution in [0.3, 0.4) is 0 Å². The van der Waals surface area contributed by atoms with Crippen molar-refractivity contribution in [3.05, 3.63) is 65.2 Å². The molecule has 0 fully saturated rings. The number of fused-ring (bicyclic) bond motifs is 1. The predicted octanol–water partition coefficient (Wildman–Crippen LogP) is -1.39. The summed E-state index contributed by atoms with van der Waals surface area (Å²) in [7, 11) is 0. The second-order valence-electron chi connectivity index (χ2n) is 6.62. The molecule has 1 aliphatic heterocycles. The van der Waals surface area contributed by atoms with Gasteiger partial charge in [0.05, 0.1) is 11.5 Å². The summed E-state index contributed by atoms with van der Waals surface area (Å²) >= 11 is 0. The molecule has 2 aromatic rings. The van der Waals surface area contributed by atoms with Crippen molar-refractivity contribution in [1.82, 2.24) is 0 Å². The summed E-state index contributed by atoms with van der Waals surface area (Å²) in [5.74, 6) is -4.10. The number of carbonyl (C=O) groups excluding carboxylic acids is 4. The number of carboxylic acids is 1. The van der Waals surface area contributed by atoms with Gasteiger partial charge in [-0.15, -0.1) is 0 Å². The Balaban J connectivity index is 0.00000280. The molecule has 2 aromatic carbocycles. The molecule has 0 saturated heterocycles. The van der Waals surface area contributed by atoms with Gasteiger partial charge in [-0.1, -0.05) is 30.3 Å². The summed E-state index contributed by atoms with van der Waals surface area (Å²) < 4.78 is 5.30. The third-order valence-corrected chi connectivity index (χ3v) is 4.58. The minimum absolute atomic E-state index is 0. The van der Waals surface area contributed by atoms with Gasteiger partial charge in [0.2, 0.25) is 0 Å². The quantitative estimate of drug-likeness (QED) is 0.261.